The summed E-state index contributed by atoms with van der Waals surface area (Å²) in [5, 5.41) is 0. The molecule has 1 aliphatic rings. The highest BCUT2D eigenvalue weighted by Gasteiger charge is 2.19. The summed E-state index contributed by atoms with van der Waals surface area (Å²) in [6, 6.07) is 13.6. The second-order valence-electron chi connectivity index (χ2n) is 8.29. The van der Waals surface area contributed by atoms with Crippen LogP contribution in [-0.2, 0) is 26.3 Å². The van der Waals surface area contributed by atoms with Crippen LogP contribution in [0.1, 0.15) is 36.2 Å². The number of nitrogens with zero attached hydrogens (tertiary/aromatic N) is 3. The third kappa shape index (κ3) is 4.27. The second kappa shape index (κ2) is 8.44. The first-order valence-corrected chi connectivity index (χ1v) is 10.5. The minimum Gasteiger partial charge on any atom is -0.331 e. The number of fused-ring (bicyclic) bond motifs is 2. The molecule has 2 aromatic carbocycles. The molecule has 1 aromatic heterocycles. The number of hydrogen-bond acceptors (Lipinski definition) is 2. The summed E-state index contributed by atoms with van der Waals surface area (Å²) in [7, 11) is 4.34. The molecule has 4 heteroatoms. The first kappa shape index (κ1) is 19.1. The minimum absolute atomic E-state index is 0.0995. The lowest BCUT2D eigenvalue weighted by Crippen LogP contribution is -2.25. The van der Waals surface area contributed by atoms with Crippen LogP contribution in [0.2, 0.25) is 0 Å². The van der Waals surface area contributed by atoms with E-state index in [1.54, 1.807) is 12.1 Å². The summed E-state index contributed by atoms with van der Waals surface area (Å²) in [4.78, 5) is 7.22. The molecule has 0 N–H and O–H groups in total. The molecule has 4 rings (SSSR count). The third-order valence-electron chi connectivity index (χ3n) is 6.24. The van der Waals surface area contributed by atoms with Crippen LogP contribution in [0, 0.1) is 11.7 Å². The van der Waals surface area contributed by atoms with Crippen molar-refractivity contribution in [3.8, 4) is 0 Å². The Morgan fingerprint density at radius 1 is 1.14 bits per heavy atom. The van der Waals surface area contributed by atoms with Crippen LogP contribution in [0.25, 0.3) is 11.0 Å². The molecule has 0 aliphatic heterocycles. The lowest BCUT2D eigenvalue weighted by Gasteiger charge is -2.26. The van der Waals surface area contributed by atoms with Crippen molar-refractivity contribution in [1.82, 2.24) is 14.5 Å². The SMILES string of the molecule is CN(CCCc1nc2ccccc2n1C)CCC1CCc2cc(F)ccc2C1. The van der Waals surface area contributed by atoms with Crippen LogP contribution < -0.4 is 0 Å². The smallest absolute Gasteiger partial charge is 0.123 e. The van der Waals surface area contributed by atoms with Crippen molar-refractivity contribution in [2.45, 2.75) is 38.5 Å². The van der Waals surface area contributed by atoms with Gasteiger partial charge >= 0.3 is 0 Å². The number of imidazole rings is 1. The Morgan fingerprint density at radius 3 is 2.86 bits per heavy atom. The van der Waals surface area contributed by atoms with Gasteiger partial charge in [-0.05, 0) is 93.6 Å². The van der Waals surface area contributed by atoms with E-state index >= 15 is 0 Å². The Morgan fingerprint density at radius 2 is 2.00 bits per heavy atom. The topological polar surface area (TPSA) is 21.1 Å². The van der Waals surface area contributed by atoms with Crippen LogP contribution in [0.4, 0.5) is 4.39 Å². The maximum atomic E-state index is 13.4. The Balaban J connectivity index is 1.22. The van der Waals surface area contributed by atoms with Gasteiger partial charge in [0.15, 0.2) is 0 Å². The lowest BCUT2D eigenvalue weighted by atomic mass is 9.82. The fraction of sp³-hybridized carbons (Fsp3) is 0.458. The number of halogens is 1. The van der Waals surface area contributed by atoms with E-state index in [0.29, 0.717) is 0 Å². The van der Waals surface area contributed by atoms with E-state index in [9.17, 15) is 4.39 Å². The van der Waals surface area contributed by atoms with E-state index in [0.717, 1.165) is 50.2 Å². The quantitative estimate of drug-likeness (QED) is 0.589. The average Bonchev–Trinajstić information content (AvgIpc) is 3.02. The van der Waals surface area contributed by atoms with E-state index in [2.05, 4.69) is 41.8 Å². The van der Waals surface area contributed by atoms with E-state index in [1.165, 1.54) is 35.3 Å². The van der Waals surface area contributed by atoms with Crippen molar-refractivity contribution in [2.75, 3.05) is 20.1 Å². The Bertz CT molecular complexity index is 946. The molecule has 0 saturated carbocycles. The number of aryl methyl sites for hydroxylation is 3. The summed E-state index contributed by atoms with van der Waals surface area (Å²) in [6.07, 6.45) is 6.67. The van der Waals surface area contributed by atoms with Crippen LogP contribution in [0.3, 0.4) is 0 Å². The molecule has 0 bridgehead atoms. The highest BCUT2D eigenvalue weighted by atomic mass is 19.1. The van der Waals surface area contributed by atoms with Gasteiger partial charge in [0, 0.05) is 13.5 Å². The van der Waals surface area contributed by atoms with Gasteiger partial charge < -0.3 is 9.47 Å². The van der Waals surface area contributed by atoms with E-state index in [1.807, 2.05) is 12.1 Å². The summed E-state index contributed by atoms with van der Waals surface area (Å²) in [5.74, 6) is 1.79. The standard InChI is InChI=1S/C24H30FN3/c1-27(14-5-8-24-26-22-6-3-4-7-23(22)28(24)2)15-13-18-9-10-20-17-21(25)12-11-19(20)16-18/h3-4,6-7,11-12,17-18H,5,8-10,13-16H2,1-2H3. The fourth-order valence-corrected chi connectivity index (χ4v) is 4.49. The number of para-hydroxylation sites is 2. The first-order chi connectivity index (χ1) is 13.6. The number of hydrogen-bond donors (Lipinski definition) is 0. The monoisotopic (exact) mass is 379 g/mol. The predicted octanol–water partition coefficient (Wildman–Crippen LogP) is 4.77. The van der Waals surface area contributed by atoms with Crippen molar-refractivity contribution < 1.29 is 4.39 Å². The van der Waals surface area contributed by atoms with Gasteiger partial charge in [-0.15, -0.1) is 0 Å². The molecule has 1 aliphatic carbocycles. The summed E-state index contributed by atoms with van der Waals surface area (Å²) >= 11 is 0. The Kier molecular flexibility index (Phi) is 5.77. The summed E-state index contributed by atoms with van der Waals surface area (Å²) in [6.45, 7) is 2.22. The van der Waals surface area contributed by atoms with Gasteiger partial charge in [0.2, 0.25) is 0 Å². The van der Waals surface area contributed by atoms with E-state index < -0.39 is 0 Å². The van der Waals surface area contributed by atoms with Gasteiger partial charge in [0.25, 0.3) is 0 Å². The molecule has 0 spiro atoms. The molecular weight excluding hydrogens is 349 g/mol. The predicted molar refractivity (Wildman–Crippen MR) is 113 cm³/mol. The maximum absolute atomic E-state index is 13.4. The zero-order valence-electron chi connectivity index (χ0n) is 17.0. The van der Waals surface area contributed by atoms with Gasteiger partial charge in [0.1, 0.15) is 11.6 Å². The average molecular weight is 380 g/mol. The fourth-order valence-electron chi connectivity index (χ4n) is 4.49. The first-order valence-electron chi connectivity index (χ1n) is 10.5. The van der Waals surface area contributed by atoms with Crippen molar-refractivity contribution in [3.05, 3.63) is 65.2 Å². The number of rotatable bonds is 7. The molecule has 3 nitrogen and oxygen atoms in total. The molecule has 0 radical (unpaired) electrons. The number of aromatic nitrogens is 2. The Hall–Kier alpha value is -2.20. The van der Waals surface area contributed by atoms with Gasteiger partial charge in [-0.3, -0.25) is 0 Å². The zero-order valence-corrected chi connectivity index (χ0v) is 17.0. The molecule has 0 fully saturated rings. The highest BCUT2D eigenvalue weighted by molar-refractivity contribution is 5.75. The van der Waals surface area contributed by atoms with Crippen LogP contribution in [0.5, 0.6) is 0 Å². The largest absolute Gasteiger partial charge is 0.331 e. The Labute approximate surface area is 167 Å². The van der Waals surface area contributed by atoms with E-state index in [-0.39, 0.29) is 5.82 Å². The third-order valence-corrected chi connectivity index (χ3v) is 6.24. The normalized spacial score (nSPS) is 16.6. The minimum atomic E-state index is -0.0995. The van der Waals surface area contributed by atoms with Crippen LogP contribution >= 0.6 is 0 Å². The highest BCUT2D eigenvalue weighted by Crippen LogP contribution is 2.28. The molecule has 1 atom stereocenters. The van der Waals surface area contributed by atoms with Gasteiger partial charge in [0.05, 0.1) is 11.0 Å². The number of benzene rings is 2. The molecule has 1 unspecified atom stereocenters. The second-order valence-corrected chi connectivity index (χ2v) is 8.29. The van der Waals surface area contributed by atoms with Crippen molar-refractivity contribution in [2.24, 2.45) is 13.0 Å². The summed E-state index contributed by atoms with van der Waals surface area (Å²) in [5.41, 5.74) is 4.86. The zero-order chi connectivity index (χ0) is 19.5. The lowest BCUT2D eigenvalue weighted by molar-refractivity contribution is 0.285. The van der Waals surface area contributed by atoms with Crippen molar-refractivity contribution in [3.63, 3.8) is 0 Å². The van der Waals surface area contributed by atoms with Crippen LogP contribution in [0.15, 0.2) is 42.5 Å². The van der Waals surface area contributed by atoms with Crippen molar-refractivity contribution in [1.29, 1.82) is 0 Å². The molecular formula is C24H30FN3. The molecule has 28 heavy (non-hydrogen) atoms. The molecule has 3 aromatic rings. The van der Waals surface area contributed by atoms with Gasteiger partial charge in [-0.25, -0.2) is 9.37 Å². The van der Waals surface area contributed by atoms with Gasteiger partial charge in [-0.2, -0.15) is 0 Å². The van der Waals surface area contributed by atoms with Crippen molar-refractivity contribution >= 4 is 11.0 Å². The molecule has 1 heterocycles. The maximum Gasteiger partial charge on any atom is 0.123 e. The molecule has 148 valence electrons. The van der Waals surface area contributed by atoms with E-state index in [4.69, 9.17) is 4.98 Å². The van der Waals surface area contributed by atoms with Crippen LogP contribution in [-0.4, -0.2) is 34.6 Å². The molecule has 0 saturated heterocycles. The van der Waals surface area contributed by atoms with Gasteiger partial charge in [-0.1, -0.05) is 18.2 Å². The molecule has 0 amide bonds. The summed E-state index contributed by atoms with van der Waals surface area (Å²) < 4.78 is 15.6.